The minimum Gasteiger partial charge on any atom is -0.488 e. The van der Waals surface area contributed by atoms with Crippen LogP contribution in [0.3, 0.4) is 0 Å². The van der Waals surface area contributed by atoms with Crippen molar-refractivity contribution in [1.82, 2.24) is 15.0 Å². The van der Waals surface area contributed by atoms with Crippen molar-refractivity contribution < 1.29 is 9.26 Å². The zero-order chi connectivity index (χ0) is 16.4. The molecule has 0 spiro atoms. The molecule has 0 saturated carbocycles. The van der Waals surface area contributed by atoms with E-state index in [9.17, 15) is 0 Å². The monoisotopic (exact) mass is 321 g/mol. The molecule has 3 heterocycles. The van der Waals surface area contributed by atoms with Crippen LogP contribution >= 0.6 is 0 Å². The third kappa shape index (κ3) is 3.16. The van der Waals surface area contributed by atoms with E-state index in [1.165, 1.54) is 5.56 Å². The van der Waals surface area contributed by atoms with E-state index in [2.05, 4.69) is 34.2 Å². The Balaban J connectivity index is 1.36. The van der Waals surface area contributed by atoms with Crippen molar-refractivity contribution in [3.05, 3.63) is 66.1 Å². The highest BCUT2D eigenvalue weighted by molar-refractivity contribution is 5.52. The lowest BCUT2D eigenvalue weighted by Gasteiger charge is -2.19. The van der Waals surface area contributed by atoms with E-state index < -0.39 is 0 Å². The molecule has 122 valence electrons. The quantitative estimate of drug-likeness (QED) is 0.722. The van der Waals surface area contributed by atoms with Gasteiger partial charge in [-0.1, -0.05) is 29.4 Å². The van der Waals surface area contributed by atoms with Gasteiger partial charge >= 0.3 is 0 Å². The Morgan fingerprint density at radius 1 is 1.12 bits per heavy atom. The highest BCUT2D eigenvalue weighted by atomic mass is 16.5. The highest BCUT2D eigenvalue weighted by Gasteiger charge is 2.23. The molecule has 24 heavy (non-hydrogen) atoms. The predicted octanol–water partition coefficient (Wildman–Crippen LogP) is 3.17. The molecule has 0 unspecified atom stereocenters. The number of hydrogen-bond donors (Lipinski definition) is 0. The fourth-order valence-electron chi connectivity index (χ4n) is 3.06. The molecule has 4 rings (SSSR count). The number of ether oxygens (including phenoxy) is 1. The van der Waals surface area contributed by atoms with Gasteiger partial charge in [0.25, 0.3) is 0 Å². The molecule has 5 heteroatoms. The van der Waals surface area contributed by atoms with Gasteiger partial charge in [0.2, 0.25) is 0 Å². The van der Waals surface area contributed by atoms with Gasteiger partial charge in [-0.15, -0.1) is 0 Å². The number of benzene rings is 1. The topological polar surface area (TPSA) is 51.4 Å². The molecule has 0 amide bonds. The highest BCUT2D eigenvalue weighted by Crippen LogP contribution is 2.28. The molecule has 1 aliphatic heterocycles. The summed E-state index contributed by atoms with van der Waals surface area (Å²) >= 11 is 0. The number of rotatable bonds is 5. The molecule has 0 bridgehead atoms. The molecular formula is C19H19N3O2. The van der Waals surface area contributed by atoms with Crippen LogP contribution in [-0.2, 0) is 13.0 Å². The fraction of sp³-hybridized carbons (Fsp3) is 0.263. The Morgan fingerprint density at radius 3 is 2.83 bits per heavy atom. The van der Waals surface area contributed by atoms with Gasteiger partial charge in [-0.3, -0.25) is 9.88 Å². The van der Waals surface area contributed by atoms with E-state index in [1.807, 2.05) is 36.4 Å². The smallest absolute Gasteiger partial charge is 0.151 e. The molecule has 5 nitrogen and oxygen atoms in total. The first kappa shape index (κ1) is 14.9. The summed E-state index contributed by atoms with van der Waals surface area (Å²) in [5, 5.41) is 4.11. The number of hydrogen-bond acceptors (Lipinski definition) is 5. The second-order valence-electron chi connectivity index (χ2n) is 6.14. The van der Waals surface area contributed by atoms with E-state index in [1.54, 1.807) is 6.20 Å². The van der Waals surface area contributed by atoms with Gasteiger partial charge in [0, 0.05) is 25.2 Å². The molecule has 0 radical (unpaired) electrons. The maximum absolute atomic E-state index is 5.99. The van der Waals surface area contributed by atoms with Crippen LogP contribution in [0.15, 0.2) is 59.3 Å². The Kier molecular flexibility index (Phi) is 4.01. The zero-order valence-corrected chi connectivity index (χ0v) is 13.6. The lowest BCUT2D eigenvalue weighted by Crippen LogP contribution is -2.31. The van der Waals surface area contributed by atoms with Gasteiger partial charge in [0.05, 0.1) is 12.2 Å². The third-order valence-corrected chi connectivity index (χ3v) is 4.14. The van der Waals surface area contributed by atoms with Gasteiger partial charge in [-0.25, -0.2) is 0 Å². The Morgan fingerprint density at radius 2 is 2.00 bits per heavy atom. The molecule has 1 aliphatic rings. The largest absolute Gasteiger partial charge is 0.488 e. The van der Waals surface area contributed by atoms with E-state index in [0.717, 1.165) is 35.9 Å². The summed E-state index contributed by atoms with van der Waals surface area (Å²) in [5.74, 6) is 1.83. The van der Waals surface area contributed by atoms with Gasteiger partial charge in [-0.2, -0.15) is 0 Å². The van der Waals surface area contributed by atoms with Crippen molar-refractivity contribution in [2.75, 3.05) is 13.6 Å². The van der Waals surface area contributed by atoms with Gasteiger partial charge < -0.3 is 9.26 Å². The van der Waals surface area contributed by atoms with E-state index in [-0.39, 0.29) is 6.10 Å². The van der Waals surface area contributed by atoms with Crippen molar-refractivity contribution in [2.45, 2.75) is 19.1 Å². The molecule has 1 aromatic carbocycles. The standard InChI is InChI=1S/C19H19N3O2/c1-22(12-15-10-14-6-2-3-8-19(14)23-15)13-16-11-18(21-24-16)17-7-4-5-9-20-17/h2-9,11,15H,10,12-13H2,1H3/t15-/m1/s1. The zero-order valence-electron chi connectivity index (χ0n) is 13.6. The molecule has 0 fully saturated rings. The number of aromatic nitrogens is 2. The Labute approximate surface area is 140 Å². The van der Waals surface area contributed by atoms with Crippen LogP contribution in [-0.4, -0.2) is 34.7 Å². The maximum atomic E-state index is 5.99. The molecule has 0 aliphatic carbocycles. The summed E-state index contributed by atoms with van der Waals surface area (Å²) < 4.78 is 11.4. The number of fused-ring (bicyclic) bond motifs is 1. The fourth-order valence-corrected chi connectivity index (χ4v) is 3.06. The normalized spacial score (nSPS) is 16.2. The third-order valence-electron chi connectivity index (χ3n) is 4.14. The summed E-state index contributed by atoms with van der Waals surface area (Å²) in [5.41, 5.74) is 2.88. The molecule has 0 saturated heterocycles. The lowest BCUT2D eigenvalue weighted by molar-refractivity contribution is 0.157. The minimum atomic E-state index is 0.186. The summed E-state index contributed by atoms with van der Waals surface area (Å²) in [6.45, 7) is 1.53. The van der Waals surface area contributed by atoms with Crippen molar-refractivity contribution in [3.63, 3.8) is 0 Å². The maximum Gasteiger partial charge on any atom is 0.151 e. The number of para-hydroxylation sites is 1. The second kappa shape index (κ2) is 6.45. The summed E-state index contributed by atoms with van der Waals surface area (Å²) in [6, 6.07) is 15.9. The predicted molar refractivity (Wildman–Crippen MR) is 90.6 cm³/mol. The number of likely N-dealkylation sites (N-methyl/N-ethyl adjacent to an activating group) is 1. The van der Waals surface area contributed by atoms with Crippen LogP contribution in [0.1, 0.15) is 11.3 Å². The molecule has 0 N–H and O–H groups in total. The van der Waals surface area contributed by atoms with Crippen LogP contribution in [0.5, 0.6) is 5.75 Å². The Bertz CT molecular complexity index is 791. The van der Waals surface area contributed by atoms with Crippen molar-refractivity contribution in [3.8, 4) is 17.1 Å². The van der Waals surface area contributed by atoms with Crippen LogP contribution in [0.2, 0.25) is 0 Å². The first-order valence-corrected chi connectivity index (χ1v) is 8.08. The van der Waals surface area contributed by atoms with E-state index in [0.29, 0.717) is 6.54 Å². The first-order valence-electron chi connectivity index (χ1n) is 8.08. The number of pyridine rings is 1. The van der Waals surface area contributed by atoms with E-state index >= 15 is 0 Å². The molecule has 3 aromatic rings. The average molecular weight is 321 g/mol. The van der Waals surface area contributed by atoms with Crippen LogP contribution in [0.4, 0.5) is 0 Å². The van der Waals surface area contributed by atoms with E-state index in [4.69, 9.17) is 9.26 Å². The minimum absolute atomic E-state index is 0.186. The van der Waals surface area contributed by atoms with Crippen LogP contribution in [0.25, 0.3) is 11.4 Å². The van der Waals surface area contributed by atoms with Crippen molar-refractivity contribution in [1.29, 1.82) is 0 Å². The molecule has 2 aromatic heterocycles. The summed E-state index contributed by atoms with van der Waals surface area (Å²) in [6.07, 6.45) is 2.90. The summed E-state index contributed by atoms with van der Waals surface area (Å²) in [7, 11) is 2.06. The van der Waals surface area contributed by atoms with Gasteiger partial charge in [-0.05, 0) is 30.8 Å². The van der Waals surface area contributed by atoms with Crippen LogP contribution in [0, 0.1) is 0 Å². The van der Waals surface area contributed by atoms with Crippen molar-refractivity contribution in [2.24, 2.45) is 0 Å². The first-order chi connectivity index (χ1) is 11.8. The van der Waals surface area contributed by atoms with Gasteiger partial charge in [0.15, 0.2) is 5.76 Å². The summed E-state index contributed by atoms with van der Waals surface area (Å²) in [4.78, 5) is 6.49. The lowest BCUT2D eigenvalue weighted by atomic mass is 10.1. The van der Waals surface area contributed by atoms with Crippen LogP contribution < -0.4 is 4.74 Å². The van der Waals surface area contributed by atoms with Gasteiger partial charge in [0.1, 0.15) is 17.5 Å². The molecule has 1 atom stereocenters. The molecular weight excluding hydrogens is 302 g/mol. The second-order valence-corrected chi connectivity index (χ2v) is 6.14. The Hall–Kier alpha value is -2.66. The average Bonchev–Trinajstić information content (AvgIpc) is 3.21. The number of nitrogens with zero attached hydrogens (tertiary/aromatic N) is 3. The SMILES string of the molecule is CN(Cc1cc(-c2ccccn2)no1)C[C@H]1Cc2ccccc2O1. The van der Waals surface area contributed by atoms with Crippen molar-refractivity contribution >= 4 is 0 Å².